The van der Waals surface area contributed by atoms with E-state index in [1.165, 1.54) is 0 Å². The molecule has 0 heterocycles. The van der Waals surface area contributed by atoms with Crippen molar-refractivity contribution in [1.29, 1.82) is 0 Å². The highest BCUT2D eigenvalue weighted by molar-refractivity contribution is 4.74. The number of aliphatic hydroxyl groups excluding tert-OH is 1. The van der Waals surface area contributed by atoms with Crippen molar-refractivity contribution in [3.05, 3.63) is 0 Å². The Kier molecular flexibility index (Phi) is 8.84. The van der Waals surface area contributed by atoms with E-state index in [4.69, 9.17) is 4.74 Å². The van der Waals surface area contributed by atoms with Gasteiger partial charge in [-0.25, -0.2) is 0 Å². The Morgan fingerprint density at radius 1 is 1.31 bits per heavy atom. The Hall–Kier alpha value is -0.160. The molecule has 0 aromatic rings. The quantitative estimate of drug-likeness (QED) is 0.610. The van der Waals surface area contributed by atoms with Crippen LogP contribution in [0.3, 0.4) is 0 Å². The first kappa shape index (κ1) is 15.8. The lowest BCUT2D eigenvalue weighted by atomic mass is 10.0. The van der Waals surface area contributed by atoms with Gasteiger partial charge in [-0.1, -0.05) is 13.8 Å². The molecular weight excluding hydrogens is 204 g/mol. The van der Waals surface area contributed by atoms with E-state index in [0.717, 1.165) is 6.54 Å². The predicted octanol–water partition coefficient (Wildman–Crippen LogP) is 0.560. The van der Waals surface area contributed by atoms with Gasteiger partial charge in [-0.3, -0.25) is 0 Å². The summed E-state index contributed by atoms with van der Waals surface area (Å²) in [6, 6.07) is 0.409. The number of likely N-dealkylation sites (N-methyl/N-ethyl adjacent to an activating group) is 1. The van der Waals surface area contributed by atoms with Crippen LogP contribution in [0.2, 0.25) is 0 Å². The zero-order valence-corrected chi connectivity index (χ0v) is 11.4. The van der Waals surface area contributed by atoms with Crippen LogP contribution in [-0.4, -0.2) is 62.6 Å². The first-order valence-corrected chi connectivity index (χ1v) is 6.11. The monoisotopic (exact) mass is 232 g/mol. The van der Waals surface area contributed by atoms with Crippen molar-refractivity contribution >= 4 is 0 Å². The van der Waals surface area contributed by atoms with E-state index in [2.05, 4.69) is 38.2 Å². The zero-order valence-electron chi connectivity index (χ0n) is 11.4. The molecule has 0 radical (unpaired) electrons. The van der Waals surface area contributed by atoms with Crippen LogP contribution in [-0.2, 0) is 4.74 Å². The van der Waals surface area contributed by atoms with E-state index in [1.54, 1.807) is 0 Å². The van der Waals surface area contributed by atoms with Gasteiger partial charge < -0.3 is 20.1 Å². The summed E-state index contributed by atoms with van der Waals surface area (Å²) in [5, 5.41) is 13.0. The SMILES string of the molecule is CCOCC(O)CNC(CN(C)C)C(C)C. The molecular formula is C12H28N2O2. The summed E-state index contributed by atoms with van der Waals surface area (Å²) in [6.45, 7) is 8.96. The van der Waals surface area contributed by atoms with Gasteiger partial charge >= 0.3 is 0 Å². The van der Waals surface area contributed by atoms with E-state index < -0.39 is 6.10 Å². The number of ether oxygens (including phenoxy) is 1. The Bertz CT molecular complexity index is 163. The van der Waals surface area contributed by atoms with Gasteiger partial charge in [0.25, 0.3) is 0 Å². The Morgan fingerprint density at radius 3 is 2.38 bits per heavy atom. The summed E-state index contributed by atoms with van der Waals surface area (Å²) >= 11 is 0. The molecule has 2 N–H and O–H groups in total. The van der Waals surface area contributed by atoms with Crippen LogP contribution < -0.4 is 5.32 Å². The van der Waals surface area contributed by atoms with E-state index >= 15 is 0 Å². The Labute approximate surface area is 100.0 Å². The fourth-order valence-corrected chi connectivity index (χ4v) is 1.50. The van der Waals surface area contributed by atoms with E-state index in [9.17, 15) is 5.11 Å². The van der Waals surface area contributed by atoms with Crippen LogP contribution in [0, 0.1) is 5.92 Å². The van der Waals surface area contributed by atoms with Crippen molar-refractivity contribution < 1.29 is 9.84 Å². The largest absolute Gasteiger partial charge is 0.389 e. The van der Waals surface area contributed by atoms with Crippen LogP contribution in [0.5, 0.6) is 0 Å². The Morgan fingerprint density at radius 2 is 1.94 bits per heavy atom. The molecule has 0 spiro atoms. The number of hydrogen-bond donors (Lipinski definition) is 2. The molecule has 0 aromatic carbocycles. The zero-order chi connectivity index (χ0) is 12.6. The number of hydrogen-bond acceptors (Lipinski definition) is 4. The maximum atomic E-state index is 9.64. The molecule has 0 amide bonds. The van der Waals surface area contributed by atoms with Gasteiger partial charge in [0.1, 0.15) is 0 Å². The molecule has 98 valence electrons. The molecule has 0 saturated carbocycles. The minimum absolute atomic E-state index is 0.409. The summed E-state index contributed by atoms with van der Waals surface area (Å²) < 4.78 is 5.17. The van der Waals surface area contributed by atoms with Crippen molar-refractivity contribution in [2.75, 3.05) is 40.4 Å². The summed E-state index contributed by atoms with van der Waals surface area (Å²) in [4.78, 5) is 2.16. The molecule has 0 aliphatic heterocycles. The topological polar surface area (TPSA) is 44.7 Å². The first-order chi connectivity index (χ1) is 7.47. The summed E-state index contributed by atoms with van der Waals surface area (Å²) in [5.74, 6) is 0.557. The number of nitrogens with zero attached hydrogens (tertiary/aromatic N) is 1. The van der Waals surface area contributed by atoms with E-state index in [1.807, 2.05) is 6.92 Å². The second-order valence-corrected chi connectivity index (χ2v) is 4.83. The van der Waals surface area contributed by atoms with Gasteiger partial charge in [-0.15, -0.1) is 0 Å². The van der Waals surface area contributed by atoms with E-state index in [-0.39, 0.29) is 0 Å². The highest BCUT2D eigenvalue weighted by Crippen LogP contribution is 2.02. The molecule has 0 aromatic heterocycles. The minimum atomic E-state index is -0.414. The summed E-state index contributed by atoms with van der Waals surface area (Å²) in [6.07, 6.45) is -0.414. The minimum Gasteiger partial charge on any atom is -0.389 e. The fourth-order valence-electron chi connectivity index (χ4n) is 1.50. The molecule has 0 rings (SSSR count). The van der Waals surface area contributed by atoms with Crippen LogP contribution >= 0.6 is 0 Å². The third-order valence-corrected chi connectivity index (χ3v) is 2.50. The van der Waals surface area contributed by atoms with Gasteiger partial charge in [0, 0.05) is 25.7 Å². The molecule has 0 aliphatic carbocycles. The number of nitrogens with one attached hydrogen (secondary N) is 1. The van der Waals surface area contributed by atoms with Gasteiger partial charge in [0.15, 0.2) is 0 Å². The average Bonchev–Trinajstić information content (AvgIpc) is 2.20. The molecule has 16 heavy (non-hydrogen) atoms. The normalized spacial score (nSPS) is 15.8. The van der Waals surface area contributed by atoms with Gasteiger partial charge in [-0.2, -0.15) is 0 Å². The number of rotatable bonds is 9. The molecule has 2 unspecified atom stereocenters. The van der Waals surface area contributed by atoms with Crippen LogP contribution in [0.1, 0.15) is 20.8 Å². The average molecular weight is 232 g/mol. The highest BCUT2D eigenvalue weighted by atomic mass is 16.5. The second kappa shape index (κ2) is 8.93. The maximum absolute atomic E-state index is 9.64. The summed E-state index contributed by atoms with van der Waals surface area (Å²) in [5.41, 5.74) is 0. The summed E-state index contributed by atoms with van der Waals surface area (Å²) in [7, 11) is 4.13. The molecule has 0 bridgehead atoms. The van der Waals surface area contributed by atoms with Crippen molar-refractivity contribution in [3.8, 4) is 0 Å². The third-order valence-electron chi connectivity index (χ3n) is 2.50. The number of aliphatic hydroxyl groups is 1. The molecule has 4 nitrogen and oxygen atoms in total. The van der Waals surface area contributed by atoms with Gasteiger partial charge in [0.2, 0.25) is 0 Å². The second-order valence-electron chi connectivity index (χ2n) is 4.83. The molecule has 4 heteroatoms. The third kappa shape index (κ3) is 8.05. The lowest BCUT2D eigenvalue weighted by Crippen LogP contribution is -2.45. The smallest absolute Gasteiger partial charge is 0.0897 e. The van der Waals surface area contributed by atoms with Crippen molar-refractivity contribution in [2.45, 2.75) is 32.9 Å². The molecule has 0 fully saturated rings. The van der Waals surface area contributed by atoms with Crippen molar-refractivity contribution in [2.24, 2.45) is 5.92 Å². The van der Waals surface area contributed by atoms with Gasteiger partial charge in [-0.05, 0) is 26.9 Å². The van der Waals surface area contributed by atoms with Crippen molar-refractivity contribution in [3.63, 3.8) is 0 Å². The predicted molar refractivity (Wildman–Crippen MR) is 67.7 cm³/mol. The first-order valence-electron chi connectivity index (χ1n) is 6.11. The molecule has 0 aliphatic rings. The van der Waals surface area contributed by atoms with Gasteiger partial charge in [0.05, 0.1) is 12.7 Å². The standard InChI is InChI=1S/C12H28N2O2/c1-6-16-9-11(15)7-13-12(10(2)3)8-14(4)5/h10-13,15H,6-9H2,1-5H3. The van der Waals surface area contributed by atoms with Crippen molar-refractivity contribution in [1.82, 2.24) is 10.2 Å². The van der Waals surface area contributed by atoms with Crippen LogP contribution in [0.25, 0.3) is 0 Å². The molecule has 2 atom stereocenters. The van der Waals surface area contributed by atoms with Crippen LogP contribution in [0.15, 0.2) is 0 Å². The highest BCUT2D eigenvalue weighted by Gasteiger charge is 2.15. The fraction of sp³-hybridized carbons (Fsp3) is 1.00. The maximum Gasteiger partial charge on any atom is 0.0897 e. The van der Waals surface area contributed by atoms with E-state index in [0.29, 0.717) is 31.7 Å². The lowest BCUT2D eigenvalue weighted by molar-refractivity contribution is 0.0399. The van der Waals surface area contributed by atoms with Crippen LogP contribution in [0.4, 0.5) is 0 Å². The molecule has 0 saturated heterocycles. The lowest BCUT2D eigenvalue weighted by Gasteiger charge is -2.26. The Balaban J connectivity index is 3.82.